The number of pyridine rings is 1. The van der Waals surface area contributed by atoms with E-state index in [0.717, 1.165) is 12.0 Å². The van der Waals surface area contributed by atoms with E-state index >= 15 is 0 Å². The van der Waals surface area contributed by atoms with Gasteiger partial charge >= 0.3 is 0 Å². The Kier molecular flexibility index (Phi) is 4.24. The Morgan fingerprint density at radius 1 is 1.67 bits per heavy atom. The lowest BCUT2D eigenvalue weighted by atomic mass is 10.1. The van der Waals surface area contributed by atoms with E-state index in [9.17, 15) is 4.79 Å². The molecule has 0 aliphatic rings. The molecule has 0 saturated heterocycles. The van der Waals surface area contributed by atoms with Gasteiger partial charge in [-0.3, -0.25) is 4.79 Å². The fourth-order valence-corrected chi connectivity index (χ4v) is 1.23. The summed E-state index contributed by atoms with van der Waals surface area (Å²) < 4.78 is 0. The highest BCUT2D eigenvalue weighted by Gasteiger charge is 2.04. The predicted octanol–water partition coefficient (Wildman–Crippen LogP) is 1.84. The van der Waals surface area contributed by atoms with E-state index in [-0.39, 0.29) is 11.9 Å². The zero-order chi connectivity index (χ0) is 11.3. The number of nitrogens with two attached hydrogens (primary N) is 1. The predicted molar refractivity (Wildman–Crippen MR) is 60.4 cm³/mol. The third-order valence-electron chi connectivity index (χ3n) is 2.05. The van der Waals surface area contributed by atoms with Gasteiger partial charge in [-0.05, 0) is 31.0 Å². The Labute approximate surface area is 89.9 Å². The summed E-state index contributed by atoms with van der Waals surface area (Å²) in [6, 6.07) is 3.60. The van der Waals surface area contributed by atoms with Crippen LogP contribution in [0.1, 0.15) is 38.3 Å². The molecule has 4 heteroatoms. The van der Waals surface area contributed by atoms with Crippen LogP contribution in [0.15, 0.2) is 18.3 Å². The second-order valence-corrected chi connectivity index (χ2v) is 3.56. The molecule has 0 aromatic carbocycles. The first-order valence-electron chi connectivity index (χ1n) is 5.15. The Hall–Kier alpha value is -1.42. The van der Waals surface area contributed by atoms with E-state index in [2.05, 4.69) is 10.3 Å². The number of hydrogen-bond acceptors (Lipinski definition) is 3. The lowest BCUT2D eigenvalue weighted by Crippen LogP contribution is -2.13. The van der Waals surface area contributed by atoms with Crippen LogP contribution in [0.2, 0.25) is 0 Å². The minimum Gasteiger partial charge on any atom is -0.324 e. The van der Waals surface area contributed by atoms with Crippen LogP contribution in [0.5, 0.6) is 0 Å². The molecule has 1 atom stereocenters. The van der Waals surface area contributed by atoms with Crippen LogP contribution in [0, 0.1) is 0 Å². The maximum atomic E-state index is 11.3. The first-order chi connectivity index (χ1) is 7.13. The molecule has 82 valence electrons. The van der Waals surface area contributed by atoms with Crippen LogP contribution < -0.4 is 11.1 Å². The van der Waals surface area contributed by atoms with E-state index in [1.54, 1.807) is 12.3 Å². The highest BCUT2D eigenvalue weighted by Crippen LogP contribution is 2.12. The highest BCUT2D eigenvalue weighted by molar-refractivity contribution is 5.89. The summed E-state index contributed by atoms with van der Waals surface area (Å²) in [6.07, 6.45) is 3.00. The normalized spacial score (nSPS) is 12.2. The maximum Gasteiger partial charge on any atom is 0.225 e. The lowest BCUT2D eigenvalue weighted by Gasteiger charge is -2.08. The second-order valence-electron chi connectivity index (χ2n) is 3.56. The molecule has 1 unspecified atom stereocenters. The van der Waals surface area contributed by atoms with Crippen LogP contribution in [-0.4, -0.2) is 10.9 Å². The fourth-order valence-electron chi connectivity index (χ4n) is 1.23. The summed E-state index contributed by atoms with van der Waals surface area (Å²) in [6.45, 7) is 3.86. The van der Waals surface area contributed by atoms with E-state index in [0.29, 0.717) is 12.2 Å². The van der Waals surface area contributed by atoms with Gasteiger partial charge in [-0.1, -0.05) is 6.92 Å². The molecule has 0 spiro atoms. The molecule has 1 aromatic rings. The second kappa shape index (κ2) is 5.46. The topological polar surface area (TPSA) is 68.0 Å². The number of carbonyl (C=O) groups is 1. The Morgan fingerprint density at radius 3 is 3.00 bits per heavy atom. The quantitative estimate of drug-likeness (QED) is 0.791. The van der Waals surface area contributed by atoms with Gasteiger partial charge in [-0.25, -0.2) is 4.98 Å². The van der Waals surface area contributed by atoms with Crippen LogP contribution in [-0.2, 0) is 4.79 Å². The molecule has 3 N–H and O–H groups in total. The average Bonchev–Trinajstić information content (AvgIpc) is 2.18. The van der Waals surface area contributed by atoms with Crippen molar-refractivity contribution in [1.29, 1.82) is 0 Å². The third-order valence-corrected chi connectivity index (χ3v) is 2.05. The Morgan fingerprint density at radius 2 is 2.40 bits per heavy atom. The van der Waals surface area contributed by atoms with Crippen molar-refractivity contribution in [3.63, 3.8) is 0 Å². The van der Waals surface area contributed by atoms with Crippen molar-refractivity contribution in [3.8, 4) is 0 Å². The van der Waals surface area contributed by atoms with Gasteiger partial charge in [0, 0.05) is 18.7 Å². The van der Waals surface area contributed by atoms with Crippen LogP contribution in [0.4, 0.5) is 5.82 Å². The number of nitrogens with one attached hydrogen (secondary N) is 1. The minimum absolute atomic E-state index is 0.00757. The molecule has 4 nitrogen and oxygen atoms in total. The summed E-state index contributed by atoms with van der Waals surface area (Å²) in [5.74, 6) is 0.565. The van der Waals surface area contributed by atoms with Crippen molar-refractivity contribution in [1.82, 2.24) is 4.98 Å². The van der Waals surface area contributed by atoms with E-state index in [1.807, 2.05) is 19.9 Å². The van der Waals surface area contributed by atoms with Crippen molar-refractivity contribution in [3.05, 3.63) is 23.9 Å². The van der Waals surface area contributed by atoms with Gasteiger partial charge in [0.2, 0.25) is 5.91 Å². The monoisotopic (exact) mass is 207 g/mol. The van der Waals surface area contributed by atoms with Gasteiger partial charge in [0.25, 0.3) is 0 Å². The molecule has 1 aromatic heterocycles. The van der Waals surface area contributed by atoms with Gasteiger partial charge in [-0.2, -0.15) is 0 Å². The first-order valence-corrected chi connectivity index (χ1v) is 5.15. The van der Waals surface area contributed by atoms with Crippen molar-refractivity contribution < 1.29 is 4.79 Å². The molecular formula is C11H17N3O. The van der Waals surface area contributed by atoms with E-state index < -0.39 is 0 Å². The van der Waals surface area contributed by atoms with Gasteiger partial charge in [0.15, 0.2) is 0 Å². The summed E-state index contributed by atoms with van der Waals surface area (Å²) >= 11 is 0. The molecule has 0 aliphatic heterocycles. The largest absolute Gasteiger partial charge is 0.324 e. The summed E-state index contributed by atoms with van der Waals surface area (Å²) in [5.41, 5.74) is 6.70. The third kappa shape index (κ3) is 3.67. The molecule has 0 fully saturated rings. The molecule has 0 saturated carbocycles. The maximum absolute atomic E-state index is 11.3. The number of amides is 1. The van der Waals surface area contributed by atoms with Crippen molar-refractivity contribution in [2.45, 2.75) is 32.7 Å². The SMILES string of the molecule is CCCC(=O)Nc1cc(C(C)N)ccn1. The first kappa shape index (κ1) is 11.7. The zero-order valence-corrected chi connectivity index (χ0v) is 9.16. The zero-order valence-electron chi connectivity index (χ0n) is 9.16. The molecule has 1 heterocycles. The fraction of sp³-hybridized carbons (Fsp3) is 0.455. The van der Waals surface area contributed by atoms with Gasteiger partial charge in [-0.15, -0.1) is 0 Å². The number of rotatable bonds is 4. The molecule has 1 amide bonds. The lowest BCUT2D eigenvalue weighted by molar-refractivity contribution is -0.116. The molecule has 0 radical (unpaired) electrons. The van der Waals surface area contributed by atoms with Crippen molar-refractivity contribution in [2.24, 2.45) is 5.73 Å². The Bertz CT molecular complexity index is 336. The summed E-state index contributed by atoms with van der Waals surface area (Å²) in [5, 5.41) is 2.73. The molecule has 15 heavy (non-hydrogen) atoms. The summed E-state index contributed by atoms with van der Waals surface area (Å²) in [4.78, 5) is 15.4. The molecule has 1 rings (SSSR count). The number of anilines is 1. The average molecular weight is 207 g/mol. The minimum atomic E-state index is -0.0465. The number of aromatic nitrogens is 1. The van der Waals surface area contributed by atoms with Crippen molar-refractivity contribution >= 4 is 11.7 Å². The van der Waals surface area contributed by atoms with Gasteiger partial charge in [0.1, 0.15) is 5.82 Å². The smallest absolute Gasteiger partial charge is 0.225 e. The summed E-state index contributed by atoms with van der Waals surface area (Å²) in [7, 11) is 0. The van der Waals surface area contributed by atoms with Crippen molar-refractivity contribution in [2.75, 3.05) is 5.32 Å². The standard InChI is InChI=1S/C11H17N3O/c1-3-4-11(15)14-10-7-9(8(2)12)5-6-13-10/h5-8H,3-4,12H2,1-2H3,(H,13,14,15). The van der Waals surface area contributed by atoms with E-state index in [4.69, 9.17) is 5.73 Å². The number of hydrogen-bond donors (Lipinski definition) is 2. The van der Waals surface area contributed by atoms with Crippen LogP contribution >= 0.6 is 0 Å². The molecule has 0 aliphatic carbocycles. The number of nitrogens with zero attached hydrogens (tertiary/aromatic N) is 1. The highest BCUT2D eigenvalue weighted by atomic mass is 16.1. The van der Waals surface area contributed by atoms with E-state index in [1.165, 1.54) is 0 Å². The molecule has 0 bridgehead atoms. The Balaban J connectivity index is 2.69. The van der Waals surface area contributed by atoms with Gasteiger partial charge in [0.05, 0.1) is 0 Å². The number of carbonyl (C=O) groups excluding carboxylic acids is 1. The van der Waals surface area contributed by atoms with Crippen LogP contribution in [0.3, 0.4) is 0 Å². The molecular weight excluding hydrogens is 190 g/mol. The van der Waals surface area contributed by atoms with Gasteiger partial charge < -0.3 is 11.1 Å². The van der Waals surface area contributed by atoms with Crippen LogP contribution in [0.25, 0.3) is 0 Å².